The Kier molecular flexibility index (Phi) is 67.7. The molecule has 1 N–H and O–H groups in total. The van der Waals surface area contributed by atoms with Crippen LogP contribution in [0.2, 0.25) is 0 Å². The van der Waals surface area contributed by atoms with Crippen LogP contribution in [0.25, 0.3) is 0 Å². The van der Waals surface area contributed by atoms with Gasteiger partial charge in [-0.3, -0.25) is 18.6 Å². The summed E-state index contributed by atoms with van der Waals surface area (Å²) < 4.78 is 34.7. The molecule has 0 aromatic rings. The predicted octanol–water partition coefficient (Wildman–Crippen LogP) is 24.6. The summed E-state index contributed by atoms with van der Waals surface area (Å²) in [6.45, 7) is 4.15. The van der Waals surface area contributed by atoms with Crippen LogP contribution >= 0.6 is 7.82 Å². The number of quaternary nitrogens is 1. The van der Waals surface area contributed by atoms with E-state index in [0.717, 1.165) is 161 Å². The normalized spacial score (nSPS) is 14.3. The molecule has 0 aromatic heterocycles. The number of rotatable bonds is 65. The number of ether oxygens (including phenoxy) is 2. The van der Waals surface area contributed by atoms with Crippen molar-refractivity contribution in [3.05, 3.63) is 207 Å². The number of esters is 2. The van der Waals surface area contributed by atoms with Gasteiger partial charge in [0.15, 0.2) is 6.10 Å². The molecule has 10 heteroatoms. The first-order valence-electron chi connectivity index (χ1n) is 36.8. The quantitative estimate of drug-likeness (QED) is 0.0211. The third-order valence-corrected chi connectivity index (χ3v) is 15.8. The molecule has 0 aliphatic heterocycles. The van der Waals surface area contributed by atoms with Crippen molar-refractivity contribution in [3.8, 4) is 0 Å². The lowest BCUT2D eigenvalue weighted by molar-refractivity contribution is -0.870. The molecule has 2 atom stereocenters. The number of hydrogen-bond acceptors (Lipinski definition) is 7. The van der Waals surface area contributed by atoms with Gasteiger partial charge in [-0.1, -0.05) is 304 Å². The van der Waals surface area contributed by atoms with Gasteiger partial charge in [0.25, 0.3) is 0 Å². The van der Waals surface area contributed by atoms with E-state index < -0.39 is 26.5 Å². The molecule has 0 saturated heterocycles. The SMILES string of the molecule is CC/C=C\C/C=C\C/C=C\C/C=C\C/C=C\C/C=C\C/C=C\C/C=C\C/C=C\C/C=C\CCCCCCC(=O)OC(COC(=O)CCCCCCCCCCCCCCC/C=C\C/C=C\C/C=C\C/C=C\C/C=C\C/C=C\C/C=C\CC)COP(=O)(O)OCC[N+](C)(C)C. The highest BCUT2D eigenvalue weighted by molar-refractivity contribution is 7.47. The minimum absolute atomic E-state index is 0.0153. The molecule has 0 rings (SSSR count). The summed E-state index contributed by atoms with van der Waals surface area (Å²) in [7, 11) is 1.43. The number of carbonyl (C=O) groups is 2. The van der Waals surface area contributed by atoms with Crippen molar-refractivity contribution in [1.29, 1.82) is 0 Å². The van der Waals surface area contributed by atoms with Gasteiger partial charge < -0.3 is 18.9 Å². The summed E-state index contributed by atoms with van der Waals surface area (Å²) in [5, 5.41) is 0. The number of allylic oxidation sites excluding steroid dienone is 34. The Morgan fingerprint density at radius 2 is 0.574 bits per heavy atom. The number of carbonyl (C=O) groups excluding carboxylic acids is 2. The zero-order valence-electron chi connectivity index (χ0n) is 60.1. The van der Waals surface area contributed by atoms with Gasteiger partial charge in [0.1, 0.15) is 19.8 Å². The molecular weight excluding hydrogens is 1180 g/mol. The Bertz CT molecular complexity index is 2340. The fraction of sp³-hybridized carbons (Fsp3) is 0.571. The molecule has 0 aliphatic rings. The van der Waals surface area contributed by atoms with E-state index in [2.05, 4.69) is 220 Å². The Hall–Kier alpha value is -5.41. The van der Waals surface area contributed by atoms with Gasteiger partial charge in [-0.2, -0.15) is 0 Å². The van der Waals surface area contributed by atoms with Crippen molar-refractivity contribution in [2.45, 2.75) is 264 Å². The summed E-state index contributed by atoms with van der Waals surface area (Å²) in [5.41, 5.74) is 0. The first-order chi connectivity index (χ1) is 46.0. The van der Waals surface area contributed by atoms with Crippen molar-refractivity contribution < 1.29 is 42.1 Å². The van der Waals surface area contributed by atoms with E-state index in [1.165, 1.54) is 64.2 Å². The van der Waals surface area contributed by atoms with Crippen LogP contribution in [-0.4, -0.2) is 74.9 Å². The maximum atomic E-state index is 12.9. The highest BCUT2D eigenvalue weighted by Gasteiger charge is 2.27. The van der Waals surface area contributed by atoms with Gasteiger partial charge in [0, 0.05) is 12.8 Å². The molecule has 0 heterocycles. The first kappa shape index (κ1) is 88.6. The molecule has 9 nitrogen and oxygen atoms in total. The monoisotopic (exact) mass is 1320 g/mol. The smallest absolute Gasteiger partial charge is 0.462 e. The van der Waals surface area contributed by atoms with Gasteiger partial charge in [0.2, 0.25) is 0 Å². The number of phosphoric acid groups is 1. The van der Waals surface area contributed by atoms with Crippen molar-refractivity contribution in [1.82, 2.24) is 0 Å². The molecule has 0 fully saturated rings. The average molecular weight is 1320 g/mol. The molecule has 2 unspecified atom stereocenters. The fourth-order valence-corrected chi connectivity index (χ4v) is 10.0. The van der Waals surface area contributed by atoms with Crippen molar-refractivity contribution in [3.63, 3.8) is 0 Å². The highest BCUT2D eigenvalue weighted by atomic mass is 31.2. The molecular formula is C84H135NO8P+. The second kappa shape index (κ2) is 71.9. The number of unbranched alkanes of at least 4 members (excludes halogenated alkanes) is 17. The topological polar surface area (TPSA) is 108 Å². The van der Waals surface area contributed by atoms with Gasteiger partial charge in [-0.25, -0.2) is 4.57 Å². The predicted molar refractivity (Wildman–Crippen MR) is 408 cm³/mol. The lowest BCUT2D eigenvalue weighted by atomic mass is 10.0. The van der Waals surface area contributed by atoms with Crippen LogP contribution in [0.4, 0.5) is 0 Å². The molecule has 0 saturated carbocycles. The van der Waals surface area contributed by atoms with E-state index in [1.807, 2.05) is 21.1 Å². The minimum atomic E-state index is -4.42. The second-order valence-corrected chi connectivity index (χ2v) is 26.3. The van der Waals surface area contributed by atoms with E-state index in [-0.39, 0.29) is 32.0 Å². The first-order valence-corrected chi connectivity index (χ1v) is 38.3. The molecule has 0 aliphatic carbocycles. The van der Waals surface area contributed by atoms with Gasteiger partial charge in [-0.05, 0) is 148 Å². The number of nitrogens with zero attached hydrogens (tertiary/aromatic N) is 1. The largest absolute Gasteiger partial charge is 0.472 e. The summed E-state index contributed by atoms with van der Waals surface area (Å²) in [6.07, 6.45) is 114. The van der Waals surface area contributed by atoms with E-state index >= 15 is 0 Å². The third-order valence-electron chi connectivity index (χ3n) is 14.8. The third kappa shape index (κ3) is 75.6. The minimum Gasteiger partial charge on any atom is -0.462 e. The summed E-state index contributed by atoms with van der Waals surface area (Å²) >= 11 is 0. The van der Waals surface area contributed by atoms with Crippen LogP contribution in [0.5, 0.6) is 0 Å². The Morgan fingerprint density at radius 3 is 0.851 bits per heavy atom. The van der Waals surface area contributed by atoms with E-state index in [4.69, 9.17) is 18.5 Å². The summed E-state index contributed by atoms with van der Waals surface area (Å²) in [4.78, 5) is 35.9. The van der Waals surface area contributed by atoms with Gasteiger partial charge in [0.05, 0.1) is 27.7 Å². The fourth-order valence-electron chi connectivity index (χ4n) is 9.26. The number of phosphoric ester groups is 1. The zero-order chi connectivity index (χ0) is 68.3. The average Bonchev–Trinajstić information content (AvgIpc) is 1.68. The van der Waals surface area contributed by atoms with Crippen LogP contribution in [0.15, 0.2) is 207 Å². The molecule has 94 heavy (non-hydrogen) atoms. The summed E-state index contributed by atoms with van der Waals surface area (Å²) in [5.74, 6) is -0.840. The van der Waals surface area contributed by atoms with E-state index in [1.54, 1.807) is 0 Å². The lowest BCUT2D eigenvalue weighted by Crippen LogP contribution is -2.37. The standard InChI is InChI=1S/C84H134NO8P/c1-6-8-10-12-14-16-18-20-22-24-26-28-30-32-34-36-38-40-42-44-46-48-50-52-54-56-58-60-62-64-66-68-70-72-74-76-83(86)90-80-82(81-92-94(88,89)91-79-78-85(3,4)5)93-84(87)77-75-73-71-69-67-65-63-61-59-57-55-53-51-49-47-45-43-41-39-37-35-33-31-29-27-25-23-21-19-17-15-13-11-9-7-2/h8-11,14-17,20-23,26-29,32-35,38-41,44-47,51,53,57,59,63,65,82H,6-7,12-13,18-19,24-25,30-31,36-37,42-43,48-50,52,54-56,58,60-62,64,66-81H2,1-5H3/p+1/b10-8-,11-9-,16-14-,17-15-,22-20-,23-21-,28-26-,29-27-,34-32-,35-33-,40-38-,41-39-,46-44-,47-45-,53-51-,59-57-,65-63-. The molecule has 0 aromatic carbocycles. The van der Waals surface area contributed by atoms with Crippen molar-refractivity contribution in [2.24, 2.45) is 0 Å². The highest BCUT2D eigenvalue weighted by Crippen LogP contribution is 2.43. The van der Waals surface area contributed by atoms with Crippen LogP contribution in [-0.2, 0) is 32.7 Å². The molecule has 0 radical (unpaired) electrons. The van der Waals surface area contributed by atoms with E-state index in [9.17, 15) is 19.0 Å². The van der Waals surface area contributed by atoms with Gasteiger partial charge >= 0.3 is 19.8 Å². The van der Waals surface area contributed by atoms with Gasteiger partial charge in [-0.15, -0.1) is 0 Å². The molecule has 0 amide bonds. The Labute approximate surface area is 576 Å². The maximum absolute atomic E-state index is 12.9. The second-order valence-electron chi connectivity index (χ2n) is 24.9. The van der Waals surface area contributed by atoms with Crippen LogP contribution < -0.4 is 0 Å². The summed E-state index contributed by atoms with van der Waals surface area (Å²) in [6, 6.07) is 0. The zero-order valence-corrected chi connectivity index (χ0v) is 61.0. The lowest BCUT2D eigenvalue weighted by Gasteiger charge is -2.24. The Balaban J connectivity index is 4.17. The number of likely N-dealkylation sites (N-methyl/N-ethyl adjacent to an activating group) is 1. The van der Waals surface area contributed by atoms with Crippen LogP contribution in [0.3, 0.4) is 0 Å². The maximum Gasteiger partial charge on any atom is 0.472 e. The van der Waals surface area contributed by atoms with Crippen LogP contribution in [0, 0.1) is 0 Å². The van der Waals surface area contributed by atoms with Crippen molar-refractivity contribution in [2.75, 3.05) is 47.5 Å². The number of hydrogen-bond donors (Lipinski definition) is 1. The van der Waals surface area contributed by atoms with Crippen LogP contribution in [0.1, 0.15) is 258 Å². The Morgan fingerprint density at radius 1 is 0.330 bits per heavy atom. The van der Waals surface area contributed by atoms with E-state index in [0.29, 0.717) is 17.4 Å². The molecule has 0 bridgehead atoms. The van der Waals surface area contributed by atoms with Crippen molar-refractivity contribution >= 4 is 19.8 Å². The molecule has 528 valence electrons. The molecule has 0 spiro atoms.